The Morgan fingerprint density at radius 1 is 1.18 bits per heavy atom. The molecule has 0 radical (unpaired) electrons. The van der Waals surface area contributed by atoms with Crippen LogP contribution >= 0.6 is 0 Å². The monoisotopic (exact) mass is 399 g/mol. The average molecular weight is 400 g/mol. The largest absolute Gasteiger partial charge is 0.508 e. The van der Waals surface area contributed by atoms with Gasteiger partial charge in [0.1, 0.15) is 11.5 Å². The van der Waals surface area contributed by atoms with Crippen LogP contribution in [-0.2, 0) is 16.4 Å². The van der Waals surface area contributed by atoms with Crippen molar-refractivity contribution in [2.75, 3.05) is 11.8 Å². The molecule has 0 aromatic heterocycles. The third-order valence-electron chi connectivity index (χ3n) is 5.78. The summed E-state index contributed by atoms with van der Waals surface area (Å²) in [4.78, 5) is 0.206. The fraction of sp³-hybridized carbons (Fsp3) is 0.364. The maximum absolute atomic E-state index is 13.1. The molecule has 0 heterocycles. The smallest absolute Gasteiger partial charge is 0.262 e. The van der Waals surface area contributed by atoms with E-state index in [1.807, 2.05) is 6.92 Å². The molecule has 2 aliphatic carbocycles. The van der Waals surface area contributed by atoms with Crippen molar-refractivity contribution in [1.29, 1.82) is 0 Å². The molecule has 2 aromatic carbocycles. The highest BCUT2D eigenvalue weighted by molar-refractivity contribution is 7.92. The number of hydrogen-bond acceptors (Lipinski definition) is 4. The van der Waals surface area contributed by atoms with Gasteiger partial charge in [0.05, 0.1) is 17.7 Å². The minimum absolute atomic E-state index is 0.120. The number of anilines is 1. The van der Waals surface area contributed by atoms with Gasteiger partial charge in [0.25, 0.3) is 10.0 Å². The summed E-state index contributed by atoms with van der Waals surface area (Å²) in [5.74, 6) is 0.624. The van der Waals surface area contributed by atoms with E-state index in [9.17, 15) is 13.5 Å². The van der Waals surface area contributed by atoms with Gasteiger partial charge >= 0.3 is 0 Å². The fourth-order valence-corrected chi connectivity index (χ4v) is 5.42. The van der Waals surface area contributed by atoms with Crippen LogP contribution in [0, 0.1) is 6.92 Å². The lowest BCUT2D eigenvalue weighted by atomic mass is 9.73. The first-order valence-electron chi connectivity index (χ1n) is 9.62. The second kappa shape index (κ2) is 7.17. The number of rotatable bonds is 4. The Kier molecular flexibility index (Phi) is 4.83. The molecule has 1 atom stereocenters. The first kappa shape index (κ1) is 18.9. The summed E-state index contributed by atoms with van der Waals surface area (Å²) in [7, 11) is -2.29. The van der Waals surface area contributed by atoms with Crippen molar-refractivity contribution in [3.63, 3.8) is 0 Å². The van der Waals surface area contributed by atoms with Gasteiger partial charge in [0.2, 0.25) is 0 Å². The highest BCUT2D eigenvalue weighted by Crippen LogP contribution is 2.50. The average Bonchev–Trinajstić information content (AvgIpc) is 2.69. The molecule has 0 bridgehead atoms. The number of aryl methyl sites for hydroxylation is 1. The summed E-state index contributed by atoms with van der Waals surface area (Å²) in [5, 5.41) is 10.5. The molecule has 0 amide bonds. The molecular weight excluding hydrogens is 374 g/mol. The number of nitrogens with one attached hydrogen (secondary N) is 1. The second-order valence-electron chi connectivity index (χ2n) is 7.57. The SMILES string of the molecule is COc1cc(O)c2c(c1NS(=O)(=O)c1ccc(C)cc1)C1CCCCC1=CC2. The van der Waals surface area contributed by atoms with E-state index in [1.54, 1.807) is 24.3 Å². The van der Waals surface area contributed by atoms with E-state index in [0.717, 1.165) is 42.4 Å². The number of sulfonamides is 1. The Hall–Kier alpha value is -2.47. The topological polar surface area (TPSA) is 75.6 Å². The maximum Gasteiger partial charge on any atom is 0.262 e. The van der Waals surface area contributed by atoms with Crippen molar-refractivity contribution in [1.82, 2.24) is 0 Å². The summed E-state index contributed by atoms with van der Waals surface area (Å²) in [6, 6.07) is 8.26. The molecule has 2 aromatic rings. The molecule has 2 aliphatic rings. The molecule has 6 heteroatoms. The Balaban J connectivity index is 1.84. The van der Waals surface area contributed by atoms with E-state index in [1.165, 1.54) is 18.7 Å². The number of methoxy groups -OCH3 is 1. The molecule has 28 heavy (non-hydrogen) atoms. The first-order valence-corrected chi connectivity index (χ1v) is 11.1. The highest BCUT2D eigenvalue weighted by atomic mass is 32.2. The molecular formula is C22H25NO4S. The molecule has 0 saturated heterocycles. The second-order valence-corrected chi connectivity index (χ2v) is 9.25. The zero-order valence-corrected chi connectivity index (χ0v) is 17.0. The van der Waals surface area contributed by atoms with Crippen LogP contribution < -0.4 is 9.46 Å². The van der Waals surface area contributed by atoms with Gasteiger partial charge in [-0.25, -0.2) is 8.42 Å². The summed E-state index contributed by atoms with van der Waals surface area (Å²) in [6.45, 7) is 1.92. The van der Waals surface area contributed by atoms with Crippen LogP contribution in [-0.4, -0.2) is 20.6 Å². The van der Waals surface area contributed by atoms with Crippen LogP contribution in [0.2, 0.25) is 0 Å². The van der Waals surface area contributed by atoms with Crippen LogP contribution in [0.1, 0.15) is 48.3 Å². The Morgan fingerprint density at radius 3 is 2.64 bits per heavy atom. The van der Waals surface area contributed by atoms with Crippen LogP contribution in [0.5, 0.6) is 11.5 Å². The zero-order valence-electron chi connectivity index (χ0n) is 16.2. The number of aromatic hydroxyl groups is 1. The first-order chi connectivity index (χ1) is 13.4. The van der Waals surface area contributed by atoms with Crippen molar-refractivity contribution in [3.8, 4) is 11.5 Å². The predicted molar refractivity (Wildman–Crippen MR) is 110 cm³/mol. The van der Waals surface area contributed by atoms with Gasteiger partial charge in [-0.1, -0.05) is 35.8 Å². The summed E-state index contributed by atoms with van der Waals surface area (Å²) < 4.78 is 34.4. The number of phenolic OH excluding ortho intramolecular Hbond substituents is 1. The van der Waals surface area contributed by atoms with Gasteiger partial charge < -0.3 is 9.84 Å². The van der Waals surface area contributed by atoms with Crippen LogP contribution in [0.25, 0.3) is 0 Å². The predicted octanol–water partition coefficient (Wildman–Crippen LogP) is 4.65. The molecule has 0 aliphatic heterocycles. The highest BCUT2D eigenvalue weighted by Gasteiger charge is 2.33. The Bertz CT molecular complexity index is 1040. The van der Waals surface area contributed by atoms with E-state index in [-0.39, 0.29) is 16.6 Å². The quantitative estimate of drug-likeness (QED) is 0.580. The third kappa shape index (κ3) is 3.26. The number of benzene rings is 2. The van der Waals surface area contributed by atoms with E-state index >= 15 is 0 Å². The van der Waals surface area contributed by atoms with E-state index in [2.05, 4.69) is 10.8 Å². The van der Waals surface area contributed by atoms with Gasteiger partial charge in [0, 0.05) is 17.5 Å². The van der Waals surface area contributed by atoms with Crippen LogP contribution in [0.3, 0.4) is 0 Å². The third-order valence-corrected chi connectivity index (χ3v) is 7.14. The molecule has 148 valence electrons. The Labute approximate surface area is 166 Å². The van der Waals surface area contributed by atoms with E-state index in [0.29, 0.717) is 17.9 Å². The minimum Gasteiger partial charge on any atom is -0.508 e. The maximum atomic E-state index is 13.1. The lowest BCUT2D eigenvalue weighted by Gasteiger charge is -2.34. The van der Waals surface area contributed by atoms with Gasteiger partial charge in [-0.3, -0.25) is 4.72 Å². The molecule has 1 fully saturated rings. The Morgan fingerprint density at radius 2 is 1.93 bits per heavy atom. The number of ether oxygens (including phenoxy) is 1. The molecule has 1 unspecified atom stereocenters. The molecule has 4 rings (SSSR count). The van der Waals surface area contributed by atoms with Gasteiger partial charge in [0.15, 0.2) is 0 Å². The normalized spacial score (nSPS) is 18.6. The van der Waals surface area contributed by atoms with Crippen LogP contribution in [0.4, 0.5) is 5.69 Å². The minimum atomic E-state index is -3.78. The van der Waals surface area contributed by atoms with Gasteiger partial charge in [-0.2, -0.15) is 0 Å². The van der Waals surface area contributed by atoms with Crippen molar-refractivity contribution in [3.05, 3.63) is 58.7 Å². The van der Waals surface area contributed by atoms with E-state index < -0.39 is 10.0 Å². The summed E-state index contributed by atoms with van der Waals surface area (Å²) in [6.07, 6.45) is 7.01. The number of fused-ring (bicyclic) bond motifs is 3. The van der Waals surface area contributed by atoms with Crippen molar-refractivity contribution < 1.29 is 18.3 Å². The summed E-state index contributed by atoms with van der Waals surface area (Å²) >= 11 is 0. The number of hydrogen-bond donors (Lipinski definition) is 2. The number of phenols is 1. The lowest BCUT2D eigenvalue weighted by molar-refractivity contribution is 0.405. The standard InChI is InChI=1S/C22H25NO4S/c1-14-7-10-16(11-8-14)28(25,26)23-22-20(27-2)13-19(24)18-12-9-15-5-3-4-6-17(15)21(18)22/h7-11,13,17,23-24H,3-6,12H2,1-2H3. The van der Waals surface area contributed by atoms with Crippen molar-refractivity contribution in [2.24, 2.45) is 0 Å². The summed E-state index contributed by atoms with van der Waals surface area (Å²) in [5.41, 5.74) is 4.44. The molecule has 0 spiro atoms. The zero-order chi connectivity index (χ0) is 19.9. The van der Waals surface area contributed by atoms with Crippen molar-refractivity contribution in [2.45, 2.75) is 49.8 Å². The molecule has 1 saturated carbocycles. The van der Waals surface area contributed by atoms with Crippen LogP contribution in [0.15, 0.2) is 46.9 Å². The fourth-order valence-electron chi connectivity index (χ4n) is 4.33. The van der Waals surface area contributed by atoms with Gasteiger partial charge in [-0.05, 0) is 50.3 Å². The molecule has 5 nitrogen and oxygen atoms in total. The molecule has 2 N–H and O–H groups in total. The van der Waals surface area contributed by atoms with E-state index in [4.69, 9.17) is 4.74 Å². The van der Waals surface area contributed by atoms with Crippen molar-refractivity contribution >= 4 is 15.7 Å². The van der Waals surface area contributed by atoms with Gasteiger partial charge in [-0.15, -0.1) is 0 Å². The lowest BCUT2D eigenvalue weighted by Crippen LogP contribution is -2.21. The number of allylic oxidation sites excluding steroid dienone is 2.